The number of rotatable bonds is 10. The van der Waals surface area contributed by atoms with Gasteiger partial charge in [-0.05, 0) is 42.3 Å². The van der Waals surface area contributed by atoms with Crippen LogP contribution in [0.1, 0.15) is 24.2 Å². The van der Waals surface area contributed by atoms with E-state index in [1.807, 2.05) is 6.92 Å². The number of halogens is 2. The van der Waals surface area contributed by atoms with Crippen LogP contribution in [0.4, 0.5) is 8.78 Å². The van der Waals surface area contributed by atoms with Gasteiger partial charge in [0.15, 0.2) is 0 Å². The number of hydrogen-bond acceptors (Lipinski definition) is 6. The zero-order valence-electron chi connectivity index (χ0n) is 20.1. The maximum atomic E-state index is 13.3. The second-order valence-corrected chi connectivity index (χ2v) is 8.36. The number of carbonyl (C=O) groups is 2. The molecule has 196 valence electrons. The van der Waals surface area contributed by atoms with E-state index in [4.69, 9.17) is 14.9 Å². The molecule has 8 nitrogen and oxygen atoms in total. The molecule has 1 atom stereocenters. The van der Waals surface area contributed by atoms with E-state index in [1.54, 1.807) is 24.3 Å². The van der Waals surface area contributed by atoms with Crippen molar-refractivity contribution >= 4 is 11.9 Å². The number of aliphatic hydroxyl groups is 1. The molecule has 1 aliphatic rings. The van der Waals surface area contributed by atoms with Gasteiger partial charge in [0.25, 0.3) is 0 Å². The minimum atomic E-state index is -1.26. The summed E-state index contributed by atoms with van der Waals surface area (Å²) < 4.78 is 32.7. The van der Waals surface area contributed by atoms with Crippen LogP contribution in [0, 0.1) is 11.6 Å². The van der Waals surface area contributed by atoms with Gasteiger partial charge < -0.3 is 20.1 Å². The summed E-state index contributed by atoms with van der Waals surface area (Å²) in [6.45, 7) is 7.58. The summed E-state index contributed by atoms with van der Waals surface area (Å²) in [7, 11) is 0. The topological polar surface area (TPSA) is 111 Å². The Morgan fingerprint density at radius 1 is 0.861 bits per heavy atom. The minimum absolute atomic E-state index is 0.295. The monoisotopic (exact) mass is 506 g/mol. The van der Waals surface area contributed by atoms with Gasteiger partial charge in [-0.15, -0.1) is 0 Å². The number of piperazine rings is 1. The standard InChI is InChI=1S/C22H28F2N2O2.C4H4O4/c1-17(27)16-26-12-10-25(11-13-26)14-15-28-22(18-2-6-20(23)7-3-18)19-4-8-21(24)9-5-19;5-3(6)1-2-4(7)8/h2-9,17,22,27H,10-16H2,1H3;1-2H,(H,5,6)(H,7,8)/b;2-1+/t17-;/m0./s1. The molecular formula is C26H32F2N2O6. The fraction of sp³-hybridized carbons (Fsp3) is 0.385. The van der Waals surface area contributed by atoms with Crippen LogP contribution in [-0.2, 0) is 14.3 Å². The maximum absolute atomic E-state index is 13.3. The molecular weight excluding hydrogens is 474 g/mol. The number of nitrogens with zero attached hydrogens (tertiary/aromatic N) is 2. The van der Waals surface area contributed by atoms with E-state index >= 15 is 0 Å². The molecule has 1 heterocycles. The molecule has 10 heteroatoms. The fourth-order valence-electron chi connectivity index (χ4n) is 3.67. The summed E-state index contributed by atoms with van der Waals surface area (Å²) in [5, 5.41) is 25.1. The average Bonchev–Trinajstić information content (AvgIpc) is 2.83. The summed E-state index contributed by atoms with van der Waals surface area (Å²) in [5.41, 5.74) is 1.68. The van der Waals surface area contributed by atoms with Gasteiger partial charge in [0.05, 0.1) is 12.7 Å². The number of aliphatic hydroxyl groups excluding tert-OH is 1. The summed E-state index contributed by atoms with van der Waals surface area (Å²) in [6.07, 6.45) is 0.449. The molecule has 0 saturated carbocycles. The Balaban J connectivity index is 0.000000493. The highest BCUT2D eigenvalue weighted by Gasteiger charge is 2.19. The van der Waals surface area contributed by atoms with Crippen molar-refractivity contribution in [2.24, 2.45) is 0 Å². The van der Waals surface area contributed by atoms with Gasteiger partial charge in [-0.2, -0.15) is 0 Å². The van der Waals surface area contributed by atoms with E-state index in [0.717, 1.165) is 43.9 Å². The van der Waals surface area contributed by atoms with Gasteiger partial charge in [0, 0.05) is 51.4 Å². The third-order valence-electron chi connectivity index (χ3n) is 5.39. The zero-order chi connectivity index (χ0) is 26.5. The molecule has 1 aliphatic heterocycles. The summed E-state index contributed by atoms with van der Waals surface area (Å²) in [6, 6.07) is 12.5. The molecule has 3 rings (SSSR count). The van der Waals surface area contributed by atoms with Crippen LogP contribution < -0.4 is 0 Å². The molecule has 0 amide bonds. The smallest absolute Gasteiger partial charge is 0.328 e. The first-order valence-electron chi connectivity index (χ1n) is 11.5. The predicted octanol–water partition coefficient (Wildman–Crippen LogP) is 2.78. The molecule has 0 spiro atoms. The Morgan fingerprint density at radius 3 is 1.67 bits per heavy atom. The van der Waals surface area contributed by atoms with E-state index in [9.17, 15) is 23.5 Å². The number of aliphatic carboxylic acids is 2. The Bertz CT molecular complexity index is 913. The normalized spacial score (nSPS) is 15.5. The second kappa shape index (κ2) is 15.0. The molecule has 2 aromatic rings. The highest BCUT2D eigenvalue weighted by atomic mass is 19.1. The van der Waals surface area contributed by atoms with E-state index in [1.165, 1.54) is 24.3 Å². The zero-order valence-corrected chi connectivity index (χ0v) is 20.1. The van der Waals surface area contributed by atoms with Gasteiger partial charge in [0.1, 0.15) is 17.7 Å². The number of carboxylic acid groups (broad SMARTS) is 2. The molecule has 36 heavy (non-hydrogen) atoms. The van der Waals surface area contributed by atoms with Gasteiger partial charge >= 0.3 is 11.9 Å². The first-order chi connectivity index (χ1) is 17.1. The highest BCUT2D eigenvalue weighted by molar-refractivity contribution is 5.89. The Kier molecular flexibility index (Phi) is 12.1. The van der Waals surface area contributed by atoms with Crippen molar-refractivity contribution in [2.75, 3.05) is 45.9 Å². The SMILES string of the molecule is C[C@H](O)CN1CCN(CCOC(c2ccc(F)cc2)c2ccc(F)cc2)CC1.O=C(O)/C=C/C(=O)O. The number of β-amino-alcohol motifs (C(OH)–C–C–N with tert-alkyl or cyclic N) is 1. The van der Waals surface area contributed by atoms with Crippen LogP contribution in [0.3, 0.4) is 0 Å². The first kappa shape index (κ1) is 29.1. The lowest BCUT2D eigenvalue weighted by molar-refractivity contribution is -0.134. The molecule has 1 fully saturated rings. The number of hydrogen-bond donors (Lipinski definition) is 3. The highest BCUT2D eigenvalue weighted by Crippen LogP contribution is 2.26. The van der Waals surface area contributed by atoms with Crippen LogP contribution in [0.25, 0.3) is 0 Å². The second-order valence-electron chi connectivity index (χ2n) is 8.36. The van der Waals surface area contributed by atoms with Crippen LogP contribution in [-0.4, -0.2) is 89.0 Å². The third kappa shape index (κ3) is 11.0. The van der Waals surface area contributed by atoms with E-state index in [2.05, 4.69) is 9.80 Å². The van der Waals surface area contributed by atoms with Gasteiger partial charge in [0.2, 0.25) is 0 Å². The fourth-order valence-corrected chi connectivity index (χ4v) is 3.67. The number of benzene rings is 2. The van der Waals surface area contributed by atoms with Crippen LogP contribution in [0.15, 0.2) is 60.7 Å². The van der Waals surface area contributed by atoms with Crippen molar-refractivity contribution < 1.29 is 38.4 Å². The van der Waals surface area contributed by atoms with E-state index < -0.39 is 11.9 Å². The molecule has 0 radical (unpaired) electrons. The summed E-state index contributed by atoms with van der Waals surface area (Å²) >= 11 is 0. The molecule has 0 aliphatic carbocycles. The van der Waals surface area contributed by atoms with Gasteiger partial charge in [-0.3, -0.25) is 9.80 Å². The van der Waals surface area contributed by atoms with E-state index in [-0.39, 0.29) is 23.8 Å². The van der Waals surface area contributed by atoms with Crippen molar-refractivity contribution in [1.82, 2.24) is 9.80 Å². The number of carboxylic acids is 2. The number of ether oxygens (including phenoxy) is 1. The van der Waals surface area contributed by atoms with Crippen LogP contribution in [0.5, 0.6) is 0 Å². The summed E-state index contributed by atoms with van der Waals surface area (Å²) in [4.78, 5) is 23.7. The molecule has 0 aromatic heterocycles. The average molecular weight is 507 g/mol. The lowest BCUT2D eigenvalue weighted by Crippen LogP contribution is -2.48. The van der Waals surface area contributed by atoms with Crippen LogP contribution in [0.2, 0.25) is 0 Å². The summed E-state index contributed by atoms with van der Waals surface area (Å²) in [5.74, 6) is -3.10. The molecule has 2 aromatic carbocycles. The minimum Gasteiger partial charge on any atom is -0.478 e. The largest absolute Gasteiger partial charge is 0.478 e. The van der Waals surface area contributed by atoms with Crippen molar-refractivity contribution in [3.05, 3.63) is 83.4 Å². The molecule has 0 bridgehead atoms. The molecule has 1 saturated heterocycles. The third-order valence-corrected chi connectivity index (χ3v) is 5.39. The predicted molar refractivity (Wildman–Crippen MR) is 130 cm³/mol. The first-order valence-corrected chi connectivity index (χ1v) is 11.5. The van der Waals surface area contributed by atoms with Crippen molar-refractivity contribution in [2.45, 2.75) is 19.1 Å². The van der Waals surface area contributed by atoms with Gasteiger partial charge in [-0.1, -0.05) is 24.3 Å². The van der Waals surface area contributed by atoms with Crippen molar-refractivity contribution in [3.8, 4) is 0 Å². The van der Waals surface area contributed by atoms with E-state index in [0.29, 0.717) is 25.3 Å². The van der Waals surface area contributed by atoms with Gasteiger partial charge in [-0.25, -0.2) is 18.4 Å². The quantitative estimate of drug-likeness (QED) is 0.422. The van der Waals surface area contributed by atoms with Crippen molar-refractivity contribution in [1.29, 1.82) is 0 Å². The Labute approximate surface area is 209 Å². The van der Waals surface area contributed by atoms with Crippen LogP contribution >= 0.6 is 0 Å². The maximum Gasteiger partial charge on any atom is 0.328 e. The molecule has 0 unspecified atom stereocenters. The van der Waals surface area contributed by atoms with Crippen molar-refractivity contribution in [3.63, 3.8) is 0 Å². The lowest BCUT2D eigenvalue weighted by atomic mass is 10.0. The Morgan fingerprint density at radius 2 is 1.28 bits per heavy atom. The lowest BCUT2D eigenvalue weighted by Gasteiger charge is -2.35. The molecule has 3 N–H and O–H groups in total. The Hall–Kier alpha value is -3.18.